The van der Waals surface area contributed by atoms with Crippen molar-refractivity contribution in [1.29, 1.82) is 0 Å². The Hall–Kier alpha value is -1.09. The predicted octanol–water partition coefficient (Wildman–Crippen LogP) is 2.21. The number of anilines is 1. The van der Waals surface area contributed by atoms with Crippen molar-refractivity contribution < 1.29 is 0 Å². The third kappa shape index (κ3) is 2.95. The number of nitrogens with zero attached hydrogens (tertiary/aromatic N) is 1. The molecule has 1 heterocycles. The summed E-state index contributed by atoms with van der Waals surface area (Å²) in [5.74, 6) is 0.625. The van der Waals surface area contributed by atoms with Gasteiger partial charge in [-0.15, -0.1) is 0 Å². The lowest BCUT2D eigenvalue weighted by molar-refractivity contribution is 0.567. The maximum Gasteiger partial charge on any atom is 0.123 e. The minimum atomic E-state index is 0.0592. The summed E-state index contributed by atoms with van der Waals surface area (Å²) in [5.41, 5.74) is 8.21. The van der Waals surface area contributed by atoms with Gasteiger partial charge in [0.1, 0.15) is 5.82 Å². The van der Waals surface area contributed by atoms with Gasteiger partial charge in [0.15, 0.2) is 0 Å². The van der Waals surface area contributed by atoms with Crippen molar-refractivity contribution in [2.45, 2.75) is 51.6 Å². The average Bonchev–Trinajstić information content (AvgIpc) is 2.96. The van der Waals surface area contributed by atoms with Gasteiger partial charge in [0.2, 0.25) is 0 Å². The minimum Gasteiger partial charge on any atom is -0.384 e. The quantitative estimate of drug-likeness (QED) is 0.819. The van der Waals surface area contributed by atoms with Gasteiger partial charge in [0.05, 0.1) is 0 Å². The molecule has 0 spiro atoms. The Kier molecular flexibility index (Phi) is 2.89. The van der Waals surface area contributed by atoms with Crippen LogP contribution in [0.1, 0.15) is 44.9 Å². The summed E-state index contributed by atoms with van der Waals surface area (Å²) in [6.07, 6.45) is 2.62. The Morgan fingerprint density at radius 2 is 2.06 bits per heavy atom. The van der Waals surface area contributed by atoms with E-state index in [1.807, 2.05) is 6.07 Å². The fourth-order valence-corrected chi connectivity index (χ4v) is 1.65. The van der Waals surface area contributed by atoms with E-state index in [-0.39, 0.29) is 5.41 Å². The molecule has 0 amide bonds. The van der Waals surface area contributed by atoms with Gasteiger partial charge in [0.25, 0.3) is 0 Å². The van der Waals surface area contributed by atoms with E-state index in [1.165, 1.54) is 18.4 Å². The zero-order valence-electron chi connectivity index (χ0n) is 10.4. The van der Waals surface area contributed by atoms with Crippen LogP contribution in [0.2, 0.25) is 0 Å². The molecule has 0 aliphatic heterocycles. The second-order valence-electron chi connectivity index (χ2n) is 5.69. The van der Waals surface area contributed by atoms with Gasteiger partial charge >= 0.3 is 0 Å². The Bertz CT molecular complexity index is 375. The van der Waals surface area contributed by atoms with Crippen molar-refractivity contribution >= 4 is 5.82 Å². The minimum absolute atomic E-state index is 0.0592. The number of aromatic nitrogens is 1. The summed E-state index contributed by atoms with van der Waals surface area (Å²) >= 11 is 0. The molecule has 3 N–H and O–H groups in total. The van der Waals surface area contributed by atoms with E-state index in [0.29, 0.717) is 5.82 Å². The maximum atomic E-state index is 5.84. The third-order valence-electron chi connectivity index (χ3n) is 2.85. The van der Waals surface area contributed by atoms with Crippen LogP contribution in [0.5, 0.6) is 0 Å². The summed E-state index contributed by atoms with van der Waals surface area (Å²) in [4.78, 5) is 4.40. The number of nitrogen functional groups attached to an aromatic ring is 1. The molecule has 0 aromatic carbocycles. The molecule has 1 saturated carbocycles. The zero-order chi connectivity index (χ0) is 11.8. The second-order valence-corrected chi connectivity index (χ2v) is 5.69. The number of nitrogens with one attached hydrogen (secondary N) is 1. The number of hydrogen-bond donors (Lipinski definition) is 2. The van der Waals surface area contributed by atoms with Crippen molar-refractivity contribution in [2.75, 3.05) is 5.73 Å². The predicted molar refractivity (Wildman–Crippen MR) is 67.2 cm³/mol. The van der Waals surface area contributed by atoms with Crippen molar-refractivity contribution in [3.8, 4) is 0 Å². The van der Waals surface area contributed by atoms with E-state index < -0.39 is 0 Å². The van der Waals surface area contributed by atoms with Crippen LogP contribution >= 0.6 is 0 Å². The summed E-state index contributed by atoms with van der Waals surface area (Å²) in [7, 11) is 0. The van der Waals surface area contributed by atoms with Gasteiger partial charge < -0.3 is 11.1 Å². The largest absolute Gasteiger partial charge is 0.384 e. The first kappa shape index (κ1) is 11.4. The SMILES string of the molecule is CC(C)(C)c1cc(CNC2CC2)cc(N)n1. The molecule has 3 heteroatoms. The van der Waals surface area contributed by atoms with E-state index in [0.717, 1.165) is 18.3 Å². The van der Waals surface area contributed by atoms with Gasteiger partial charge in [-0.1, -0.05) is 20.8 Å². The van der Waals surface area contributed by atoms with Crippen molar-refractivity contribution in [1.82, 2.24) is 10.3 Å². The average molecular weight is 219 g/mol. The molecule has 0 saturated heterocycles. The molecule has 0 radical (unpaired) electrons. The Morgan fingerprint density at radius 3 is 2.62 bits per heavy atom. The first-order chi connectivity index (χ1) is 7.45. The molecule has 0 atom stereocenters. The Morgan fingerprint density at radius 1 is 1.38 bits per heavy atom. The maximum absolute atomic E-state index is 5.84. The highest BCUT2D eigenvalue weighted by Gasteiger charge is 2.21. The molecule has 1 fully saturated rings. The van der Waals surface area contributed by atoms with Crippen LogP contribution < -0.4 is 11.1 Å². The van der Waals surface area contributed by atoms with Gasteiger partial charge in [-0.25, -0.2) is 4.98 Å². The molecule has 1 aromatic rings. The lowest BCUT2D eigenvalue weighted by Gasteiger charge is -2.19. The molecule has 0 bridgehead atoms. The van der Waals surface area contributed by atoms with Crippen LogP contribution in [0.3, 0.4) is 0 Å². The van der Waals surface area contributed by atoms with Crippen LogP contribution in [0.4, 0.5) is 5.82 Å². The van der Waals surface area contributed by atoms with Crippen molar-refractivity contribution in [2.24, 2.45) is 0 Å². The van der Waals surface area contributed by atoms with E-state index >= 15 is 0 Å². The third-order valence-corrected chi connectivity index (χ3v) is 2.85. The monoisotopic (exact) mass is 219 g/mol. The summed E-state index contributed by atoms with van der Waals surface area (Å²) in [5, 5.41) is 3.50. The normalized spacial score (nSPS) is 16.4. The van der Waals surface area contributed by atoms with Crippen LogP contribution in [0.15, 0.2) is 12.1 Å². The summed E-state index contributed by atoms with van der Waals surface area (Å²) in [6, 6.07) is 4.85. The lowest BCUT2D eigenvalue weighted by Crippen LogP contribution is -2.18. The smallest absolute Gasteiger partial charge is 0.123 e. The summed E-state index contributed by atoms with van der Waals surface area (Å²) < 4.78 is 0. The molecule has 1 aliphatic rings. The van der Waals surface area contributed by atoms with Gasteiger partial charge in [-0.05, 0) is 30.5 Å². The van der Waals surface area contributed by atoms with Crippen LogP contribution in [-0.2, 0) is 12.0 Å². The number of pyridine rings is 1. The Balaban J connectivity index is 2.14. The van der Waals surface area contributed by atoms with E-state index in [9.17, 15) is 0 Å². The first-order valence-electron chi connectivity index (χ1n) is 5.95. The standard InChI is InChI=1S/C13H21N3/c1-13(2,3)11-6-9(7-12(14)16-11)8-15-10-4-5-10/h6-7,10,15H,4-5,8H2,1-3H3,(H2,14,16). The van der Waals surface area contributed by atoms with Crippen LogP contribution in [0, 0.1) is 0 Å². The fraction of sp³-hybridized carbons (Fsp3) is 0.615. The molecular formula is C13H21N3. The molecule has 0 unspecified atom stereocenters. The molecule has 3 nitrogen and oxygen atoms in total. The van der Waals surface area contributed by atoms with Crippen molar-refractivity contribution in [3.63, 3.8) is 0 Å². The Labute approximate surface area is 97.5 Å². The van der Waals surface area contributed by atoms with Crippen molar-refractivity contribution in [3.05, 3.63) is 23.4 Å². The van der Waals surface area contributed by atoms with Gasteiger partial charge in [-0.3, -0.25) is 0 Å². The van der Waals surface area contributed by atoms with Crippen LogP contribution in [-0.4, -0.2) is 11.0 Å². The van der Waals surface area contributed by atoms with Crippen LogP contribution in [0.25, 0.3) is 0 Å². The highest BCUT2D eigenvalue weighted by molar-refractivity contribution is 5.36. The van der Waals surface area contributed by atoms with Gasteiger partial charge in [-0.2, -0.15) is 0 Å². The molecule has 16 heavy (non-hydrogen) atoms. The first-order valence-corrected chi connectivity index (χ1v) is 5.95. The zero-order valence-corrected chi connectivity index (χ0v) is 10.4. The number of nitrogens with two attached hydrogens (primary N) is 1. The highest BCUT2D eigenvalue weighted by Crippen LogP contribution is 2.23. The lowest BCUT2D eigenvalue weighted by atomic mass is 9.91. The van der Waals surface area contributed by atoms with E-state index in [1.54, 1.807) is 0 Å². The van der Waals surface area contributed by atoms with E-state index in [4.69, 9.17) is 5.73 Å². The molecule has 2 rings (SSSR count). The summed E-state index contributed by atoms with van der Waals surface area (Å²) in [6.45, 7) is 7.38. The fourth-order valence-electron chi connectivity index (χ4n) is 1.65. The molecular weight excluding hydrogens is 198 g/mol. The second kappa shape index (κ2) is 4.06. The van der Waals surface area contributed by atoms with Gasteiger partial charge in [0, 0.05) is 23.7 Å². The number of rotatable bonds is 3. The number of hydrogen-bond acceptors (Lipinski definition) is 3. The molecule has 1 aromatic heterocycles. The van der Waals surface area contributed by atoms with E-state index in [2.05, 4.69) is 37.1 Å². The molecule has 1 aliphatic carbocycles. The topological polar surface area (TPSA) is 50.9 Å². The molecule has 88 valence electrons. The highest BCUT2D eigenvalue weighted by atomic mass is 14.9.